The molecule has 0 aliphatic rings. The maximum absolute atomic E-state index is 13.1. The number of aromatic nitrogens is 2. The Bertz CT molecular complexity index is 786. The van der Waals surface area contributed by atoms with E-state index in [0.717, 1.165) is 4.88 Å². The summed E-state index contributed by atoms with van der Waals surface area (Å²) in [6.07, 6.45) is 0. The highest BCUT2D eigenvalue weighted by molar-refractivity contribution is 7.09. The highest BCUT2D eigenvalue weighted by atomic mass is 32.1. The molecule has 1 aromatic carbocycles. The number of aromatic amines is 1. The number of nitrogens with zero attached hydrogens (tertiary/aromatic N) is 1. The summed E-state index contributed by atoms with van der Waals surface area (Å²) in [4.78, 5) is 13.1. The molecule has 0 saturated carbocycles. The molecule has 0 radical (unpaired) electrons. The van der Waals surface area contributed by atoms with Gasteiger partial charge in [-0.1, -0.05) is 12.1 Å². The van der Waals surface area contributed by atoms with E-state index < -0.39 is 0 Å². The Hall–Kier alpha value is -2.67. The fraction of sp³-hybridized carbons (Fsp3) is 0.125. The van der Waals surface area contributed by atoms with Crippen molar-refractivity contribution in [2.24, 2.45) is 0 Å². The lowest BCUT2D eigenvalue weighted by Crippen LogP contribution is -2.22. The molecule has 0 aliphatic heterocycles. The van der Waals surface area contributed by atoms with Gasteiger partial charge in [-0.25, -0.2) is 4.39 Å². The molecule has 5 nitrogen and oxygen atoms in total. The van der Waals surface area contributed by atoms with Crippen molar-refractivity contribution >= 4 is 17.2 Å². The molecule has 0 fully saturated rings. The van der Waals surface area contributed by atoms with Crippen molar-refractivity contribution in [3.05, 3.63) is 69.9 Å². The van der Waals surface area contributed by atoms with E-state index >= 15 is 0 Å². The van der Waals surface area contributed by atoms with Gasteiger partial charge < -0.3 is 10.1 Å². The zero-order valence-corrected chi connectivity index (χ0v) is 12.9. The largest absolute Gasteiger partial charge is 0.487 e. The number of carbonyl (C=O) groups excluding carboxylic acids is 1. The van der Waals surface area contributed by atoms with Gasteiger partial charge in [-0.3, -0.25) is 9.89 Å². The van der Waals surface area contributed by atoms with E-state index in [4.69, 9.17) is 4.74 Å². The van der Waals surface area contributed by atoms with Gasteiger partial charge in [0.25, 0.3) is 5.91 Å². The summed E-state index contributed by atoms with van der Waals surface area (Å²) >= 11 is 1.58. The molecular weight excluding hydrogens is 317 g/mol. The zero-order chi connectivity index (χ0) is 16.1. The Balaban J connectivity index is 1.54. The lowest BCUT2D eigenvalue weighted by atomic mass is 10.3. The maximum Gasteiger partial charge on any atom is 0.272 e. The van der Waals surface area contributed by atoms with Crippen LogP contribution in [0.4, 0.5) is 4.39 Å². The molecule has 0 saturated heterocycles. The lowest BCUT2D eigenvalue weighted by Gasteiger charge is -2.03. The van der Waals surface area contributed by atoms with Crippen molar-refractivity contribution in [3.63, 3.8) is 0 Å². The predicted octanol–water partition coefficient (Wildman–Crippen LogP) is 3.12. The van der Waals surface area contributed by atoms with Gasteiger partial charge in [0, 0.05) is 10.9 Å². The first-order valence-corrected chi connectivity index (χ1v) is 7.82. The van der Waals surface area contributed by atoms with E-state index in [2.05, 4.69) is 15.5 Å². The molecule has 2 heterocycles. The summed E-state index contributed by atoms with van der Waals surface area (Å²) in [7, 11) is 0. The first-order chi connectivity index (χ1) is 11.2. The number of ether oxygens (including phenoxy) is 1. The molecule has 0 aliphatic carbocycles. The van der Waals surface area contributed by atoms with Crippen LogP contribution in [0.1, 0.15) is 21.1 Å². The fourth-order valence-electron chi connectivity index (χ4n) is 1.94. The van der Waals surface area contributed by atoms with Gasteiger partial charge in [-0.05, 0) is 29.6 Å². The first kappa shape index (κ1) is 15.2. The molecule has 3 rings (SSSR count). The van der Waals surface area contributed by atoms with Crippen LogP contribution in [-0.2, 0) is 13.2 Å². The average molecular weight is 331 g/mol. The molecule has 0 unspecified atom stereocenters. The zero-order valence-electron chi connectivity index (χ0n) is 12.1. The smallest absolute Gasteiger partial charge is 0.272 e. The number of benzene rings is 1. The fourth-order valence-corrected chi connectivity index (χ4v) is 2.59. The van der Waals surface area contributed by atoms with Crippen LogP contribution in [-0.4, -0.2) is 16.1 Å². The van der Waals surface area contributed by atoms with Crippen LogP contribution in [0.3, 0.4) is 0 Å². The minimum atomic E-state index is -0.360. The summed E-state index contributed by atoms with van der Waals surface area (Å²) in [5, 5.41) is 11.4. The summed E-state index contributed by atoms with van der Waals surface area (Å²) in [5.41, 5.74) is 0.926. The molecule has 0 spiro atoms. The average Bonchev–Trinajstić information content (AvgIpc) is 3.22. The van der Waals surface area contributed by atoms with Crippen molar-refractivity contribution in [2.75, 3.05) is 0 Å². The minimum absolute atomic E-state index is 0.175. The standard InChI is InChI=1S/C16H14FN3O2S/c17-11-3-1-4-13(7-11)22-10-12-8-15(20-19-12)16(21)18-9-14-5-2-6-23-14/h1-8H,9-10H2,(H,18,21)(H,19,20). The Labute approximate surface area is 136 Å². The second-order valence-electron chi connectivity index (χ2n) is 4.79. The van der Waals surface area contributed by atoms with Gasteiger partial charge in [-0.15, -0.1) is 11.3 Å². The van der Waals surface area contributed by atoms with E-state index in [1.54, 1.807) is 29.5 Å². The molecule has 118 valence electrons. The van der Waals surface area contributed by atoms with E-state index in [-0.39, 0.29) is 18.3 Å². The molecule has 3 aromatic rings. The number of rotatable bonds is 6. The summed E-state index contributed by atoms with van der Waals surface area (Å²) < 4.78 is 18.5. The number of H-pyrrole nitrogens is 1. The topological polar surface area (TPSA) is 67.0 Å². The van der Waals surface area contributed by atoms with E-state index in [1.165, 1.54) is 12.1 Å². The molecule has 0 bridgehead atoms. The van der Waals surface area contributed by atoms with Crippen LogP contribution in [0.2, 0.25) is 0 Å². The van der Waals surface area contributed by atoms with Gasteiger partial charge in [0.15, 0.2) is 0 Å². The van der Waals surface area contributed by atoms with Crippen LogP contribution in [0, 0.1) is 5.82 Å². The second-order valence-corrected chi connectivity index (χ2v) is 5.82. The second kappa shape index (κ2) is 7.06. The van der Waals surface area contributed by atoms with Crippen LogP contribution in [0.25, 0.3) is 0 Å². The predicted molar refractivity (Wildman–Crippen MR) is 84.8 cm³/mol. The van der Waals surface area contributed by atoms with Gasteiger partial charge >= 0.3 is 0 Å². The molecule has 1 amide bonds. The molecule has 7 heteroatoms. The minimum Gasteiger partial charge on any atom is -0.487 e. The number of nitrogens with one attached hydrogen (secondary N) is 2. The quantitative estimate of drug-likeness (QED) is 0.729. The van der Waals surface area contributed by atoms with E-state index in [1.807, 2.05) is 17.5 Å². The molecule has 2 N–H and O–H groups in total. The number of halogens is 1. The third kappa shape index (κ3) is 4.17. The number of hydrogen-bond donors (Lipinski definition) is 2. The Morgan fingerprint density at radius 2 is 2.22 bits per heavy atom. The van der Waals surface area contributed by atoms with Crippen molar-refractivity contribution in [1.29, 1.82) is 0 Å². The number of hydrogen-bond acceptors (Lipinski definition) is 4. The molecular formula is C16H14FN3O2S. The van der Waals surface area contributed by atoms with Crippen molar-refractivity contribution in [1.82, 2.24) is 15.5 Å². The van der Waals surface area contributed by atoms with Gasteiger partial charge in [0.05, 0.1) is 12.2 Å². The van der Waals surface area contributed by atoms with E-state index in [9.17, 15) is 9.18 Å². The normalized spacial score (nSPS) is 10.5. The third-order valence-electron chi connectivity index (χ3n) is 3.06. The van der Waals surface area contributed by atoms with Gasteiger partial charge in [0.2, 0.25) is 0 Å². The van der Waals surface area contributed by atoms with E-state index in [0.29, 0.717) is 23.7 Å². The Morgan fingerprint density at radius 1 is 1.30 bits per heavy atom. The highest BCUT2D eigenvalue weighted by Gasteiger charge is 2.11. The van der Waals surface area contributed by atoms with Crippen molar-refractivity contribution < 1.29 is 13.9 Å². The van der Waals surface area contributed by atoms with Crippen LogP contribution < -0.4 is 10.1 Å². The summed E-state index contributed by atoms with van der Waals surface area (Å²) in [6.45, 7) is 0.646. The van der Waals surface area contributed by atoms with Gasteiger partial charge in [0.1, 0.15) is 23.9 Å². The van der Waals surface area contributed by atoms with Gasteiger partial charge in [-0.2, -0.15) is 5.10 Å². The lowest BCUT2D eigenvalue weighted by molar-refractivity contribution is 0.0946. The summed E-state index contributed by atoms with van der Waals surface area (Å²) in [6, 6.07) is 11.4. The number of amides is 1. The van der Waals surface area contributed by atoms with Crippen LogP contribution in [0.15, 0.2) is 47.8 Å². The molecule has 23 heavy (non-hydrogen) atoms. The molecule has 2 aromatic heterocycles. The van der Waals surface area contributed by atoms with Crippen LogP contribution in [0.5, 0.6) is 5.75 Å². The van der Waals surface area contributed by atoms with Crippen LogP contribution >= 0.6 is 11.3 Å². The number of thiophene rings is 1. The molecule has 0 atom stereocenters. The maximum atomic E-state index is 13.1. The Kier molecular flexibility index (Phi) is 4.68. The van der Waals surface area contributed by atoms with Crippen molar-refractivity contribution in [3.8, 4) is 5.75 Å². The first-order valence-electron chi connectivity index (χ1n) is 6.94. The van der Waals surface area contributed by atoms with Crippen molar-refractivity contribution in [2.45, 2.75) is 13.2 Å². The third-order valence-corrected chi connectivity index (χ3v) is 3.93. The number of carbonyl (C=O) groups is 1. The Morgan fingerprint density at radius 3 is 3.00 bits per heavy atom. The SMILES string of the molecule is O=C(NCc1cccs1)c1cc(COc2cccc(F)c2)[nH]n1. The highest BCUT2D eigenvalue weighted by Crippen LogP contribution is 2.14. The summed E-state index contributed by atoms with van der Waals surface area (Å²) in [5.74, 6) is -0.198. The monoisotopic (exact) mass is 331 g/mol.